The number of rotatable bonds is 10. The molecule has 0 saturated heterocycles. The quantitative estimate of drug-likeness (QED) is 0.0864. The molecule has 0 fully saturated rings. The molecule has 0 aliphatic heterocycles. The summed E-state index contributed by atoms with van der Waals surface area (Å²) in [4.78, 5) is 14.2. The van der Waals surface area contributed by atoms with Gasteiger partial charge in [-0.25, -0.2) is 0 Å². The number of aliphatic hydroxyl groups excluding tert-OH is 1. The Bertz CT molecular complexity index is 1810. The fourth-order valence-corrected chi connectivity index (χ4v) is 6.92. The second kappa shape index (κ2) is 17.8. The third kappa shape index (κ3) is 9.59. The van der Waals surface area contributed by atoms with E-state index in [0.717, 1.165) is 53.6 Å². The number of hydrogen-bond donors (Lipinski definition) is 1. The Morgan fingerprint density at radius 2 is 1.44 bits per heavy atom. The molecule has 0 bridgehead atoms. The molecule has 0 aliphatic carbocycles. The van der Waals surface area contributed by atoms with E-state index in [0.29, 0.717) is 0 Å². The molecule has 0 saturated carbocycles. The number of aromatic nitrogens is 2. The second-order valence-corrected chi connectivity index (χ2v) is 14.2. The van der Waals surface area contributed by atoms with Gasteiger partial charge in [-0.1, -0.05) is 114 Å². The molecule has 48 heavy (non-hydrogen) atoms. The maximum absolute atomic E-state index is 11.7. The van der Waals surface area contributed by atoms with Crippen LogP contribution in [-0.2, 0) is 30.3 Å². The smallest absolute Gasteiger partial charge is 0.162 e. The summed E-state index contributed by atoms with van der Waals surface area (Å²) in [7, 11) is 0. The van der Waals surface area contributed by atoms with E-state index in [2.05, 4.69) is 110 Å². The van der Waals surface area contributed by atoms with Crippen molar-refractivity contribution in [2.75, 3.05) is 0 Å². The summed E-state index contributed by atoms with van der Waals surface area (Å²) in [5.74, 6) is 0.547. The molecular weight excluding hydrogens is 789 g/mol. The van der Waals surface area contributed by atoms with Crippen LogP contribution in [0.15, 0.2) is 90.7 Å². The van der Waals surface area contributed by atoms with Crippen LogP contribution >= 0.6 is 11.3 Å². The molecule has 6 heteroatoms. The molecule has 5 aromatic rings. The average Bonchev–Trinajstić information content (AvgIpc) is 3.56. The van der Waals surface area contributed by atoms with Crippen molar-refractivity contribution < 1.29 is 30.0 Å². The van der Waals surface area contributed by atoms with E-state index in [1.165, 1.54) is 32.3 Å². The van der Waals surface area contributed by atoms with Crippen LogP contribution in [0.25, 0.3) is 42.9 Å². The summed E-state index contributed by atoms with van der Waals surface area (Å²) in [6, 6.07) is 31.3. The van der Waals surface area contributed by atoms with Gasteiger partial charge in [0.15, 0.2) is 5.78 Å². The van der Waals surface area contributed by atoms with Gasteiger partial charge in [-0.3, -0.25) is 4.79 Å². The summed E-state index contributed by atoms with van der Waals surface area (Å²) in [6.45, 7) is 16.9. The molecule has 5 rings (SSSR count). The van der Waals surface area contributed by atoms with Crippen LogP contribution in [-0.4, -0.2) is 21.1 Å². The number of benzene rings is 3. The summed E-state index contributed by atoms with van der Waals surface area (Å²) < 4.78 is 0. The van der Waals surface area contributed by atoms with Crippen LogP contribution in [0, 0.1) is 24.8 Å². The standard InChI is InChI=1S/C29H25N2S.C13H24O2.Ir/c1-19-24(28-15-14-27(32-28)20-10-6-5-7-11-20)18-26(31-30-19)22-16-21-12-8-9-13-23(21)25(17-22)29(2,3)4;1-5-10(6-2)12(14)9-13(15)11(7-3)8-4;/h5-15,17-18H,1-4H3;9-11,14H,5-8H2,1-4H3;/q-1;;/b;12-9-;. The van der Waals surface area contributed by atoms with Crippen molar-refractivity contribution in [3.63, 3.8) is 0 Å². The molecule has 1 N–H and O–H groups in total. The fraction of sp³-hybridized carbons (Fsp3) is 0.357. The van der Waals surface area contributed by atoms with E-state index in [1.807, 2.05) is 40.7 Å². The molecule has 0 aliphatic rings. The SMILES string of the molecule is CCC(CC)C(=O)/C=C(\O)C(CC)CC.Cc1nnc(-c2[c-]c3ccccc3c(C(C)(C)C)c2)cc1-c1ccc(-c2ccccc2)s1.[Ir]. The molecular formula is C42H49IrN2O2S-. The monoisotopic (exact) mass is 838 g/mol. The van der Waals surface area contributed by atoms with E-state index in [9.17, 15) is 9.90 Å². The number of nitrogens with zero attached hydrogens (tertiary/aromatic N) is 2. The van der Waals surface area contributed by atoms with E-state index in [1.54, 1.807) is 11.3 Å². The summed E-state index contributed by atoms with van der Waals surface area (Å²) in [6.07, 6.45) is 4.91. The Kier molecular flexibility index (Phi) is 14.5. The molecule has 2 aromatic heterocycles. The van der Waals surface area contributed by atoms with Gasteiger partial charge in [-0.2, -0.15) is 10.2 Å². The first-order valence-corrected chi connectivity index (χ1v) is 17.7. The minimum atomic E-state index is 0. The van der Waals surface area contributed by atoms with Crippen LogP contribution in [0.4, 0.5) is 0 Å². The number of aliphatic hydroxyl groups is 1. The Hall–Kier alpha value is -3.44. The van der Waals surface area contributed by atoms with Crippen molar-refractivity contribution in [3.8, 4) is 32.1 Å². The van der Waals surface area contributed by atoms with Crippen molar-refractivity contribution >= 4 is 27.9 Å². The normalized spacial score (nSPS) is 11.8. The predicted octanol–water partition coefficient (Wildman–Crippen LogP) is 12.0. The summed E-state index contributed by atoms with van der Waals surface area (Å²) in [5, 5.41) is 21.2. The number of ketones is 1. The number of fused-ring (bicyclic) bond motifs is 1. The zero-order valence-corrected chi connectivity index (χ0v) is 32.8. The van der Waals surface area contributed by atoms with Crippen LogP contribution < -0.4 is 0 Å². The van der Waals surface area contributed by atoms with Crippen LogP contribution in [0.3, 0.4) is 0 Å². The van der Waals surface area contributed by atoms with Crippen molar-refractivity contribution in [2.24, 2.45) is 11.8 Å². The number of hydrogen-bond acceptors (Lipinski definition) is 5. The van der Waals surface area contributed by atoms with Crippen LogP contribution in [0.1, 0.15) is 85.4 Å². The number of allylic oxidation sites excluding steroid dienone is 2. The predicted molar refractivity (Wildman–Crippen MR) is 200 cm³/mol. The largest absolute Gasteiger partial charge is 0.512 e. The summed E-state index contributed by atoms with van der Waals surface area (Å²) in [5.41, 5.74) is 6.46. The molecule has 255 valence electrons. The minimum absolute atomic E-state index is 0. The van der Waals surface area contributed by atoms with Gasteiger partial charge in [0.25, 0.3) is 0 Å². The molecule has 3 aromatic carbocycles. The van der Waals surface area contributed by atoms with Gasteiger partial charge in [-0.15, -0.1) is 40.5 Å². The zero-order chi connectivity index (χ0) is 34.1. The molecule has 4 nitrogen and oxygen atoms in total. The summed E-state index contributed by atoms with van der Waals surface area (Å²) >= 11 is 1.79. The Morgan fingerprint density at radius 3 is 2.06 bits per heavy atom. The molecule has 0 unspecified atom stereocenters. The molecule has 2 heterocycles. The second-order valence-electron chi connectivity index (χ2n) is 13.1. The van der Waals surface area contributed by atoms with E-state index >= 15 is 0 Å². The van der Waals surface area contributed by atoms with Gasteiger partial charge in [-0.05, 0) is 55.7 Å². The first-order valence-electron chi connectivity index (χ1n) is 16.9. The maximum Gasteiger partial charge on any atom is 0.162 e. The number of thiophene rings is 1. The van der Waals surface area contributed by atoms with Crippen LogP contribution in [0.2, 0.25) is 0 Å². The van der Waals surface area contributed by atoms with Crippen molar-refractivity contribution in [1.82, 2.24) is 10.2 Å². The van der Waals surface area contributed by atoms with Gasteiger partial charge < -0.3 is 5.11 Å². The first-order chi connectivity index (χ1) is 22.5. The van der Waals surface area contributed by atoms with E-state index in [-0.39, 0.29) is 48.9 Å². The molecule has 1 radical (unpaired) electrons. The molecule has 0 atom stereocenters. The molecule has 0 spiro atoms. The van der Waals surface area contributed by atoms with Crippen LogP contribution in [0.5, 0.6) is 0 Å². The number of carbonyl (C=O) groups is 1. The van der Waals surface area contributed by atoms with Gasteiger partial charge in [0.2, 0.25) is 0 Å². The van der Waals surface area contributed by atoms with Crippen molar-refractivity contribution in [1.29, 1.82) is 0 Å². The van der Waals surface area contributed by atoms with Gasteiger partial charge >= 0.3 is 0 Å². The Labute approximate surface area is 305 Å². The average molecular weight is 838 g/mol. The van der Waals surface area contributed by atoms with Crippen molar-refractivity contribution in [2.45, 2.75) is 86.5 Å². The third-order valence-electron chi connectivity index (χ3n) is 8.85. The van der Waals surface area contributed by atoms with Gasteiger partial charge in [0, 0.05) is 59.0 Å². The fourth-order valence-electron chi connectivity index (χ4n) is 5.84. The third-order valence-corrected chi connectivity index (χ3v) is 10.0. The molecule has 0 amide bonds. The number of aryl methyl sites for hydroxylation is 1. The van der Waals surface area contributed by atoms with Crippen molar-refractivity contribution in [3.05, 3.63) is 108 Å². The van der Waals surface area contributed by atoms with E-state index < -0.39 is 0 Å². The Morgan fingerprint density at radius 1 is 0.833 bits per heavy atom. The Balaban J connectivity index is 0.000000334. The topological polar surface area (TPSA) is 63.1 Å². The number of carbonyl (C=O) groups excluding carboxylic acids is 1. The van der Waals surface area contributed by atoms with Gasteiger partial charge in [0.1, 0.15) is 0 Å². The zero-order valence-electron chi connectivity index (χ0n) is 29.6. The first kappa shape index (κ1) is 39.0. The van der Waals surface area contributed by atoms with E-state index in [4.69, 9.17) is 0 Å². The maximum atomic E-state index is 11.7. The minimum Gasteiger partial charge on any atom is -0.512 e. The van der Waals surface area contributed by atoms with Gasteiger partial charge in [0.05, 0.1) is 11.5 Å².